The number of nitrogens with one attached hydrogen (secondary N) is 2. The lowest BCUT2D eigenvalue weighted by Gasteiger charge is -2.08. The predicted octanol–water partition coefficient (Wildman–Crippen LogP) is 3.67. The number of hydrogen-bond acceptors (Lipinski definition) is 4. The molecule has 0 aliphatic carbocycles. The maximum atomic E-state index is 12.1. The first-order chi connectivity index (χ1) is 15.1. The molecule has 2 aromatic carbocycles. The Balaban J connectivity index is 1.49. The molecule has 3 rings (SSSR count). The fourth-order valence-electron chi connectivity index (χ4n) is 2.88. The summed E-state index contributed by atoms with van der Waals surface area (Å²) in [6.07, 6.45) is 7.29. The Morgan fingerprint density at radius 1 is 1.06 bits per heavy atom. The van der Waals surface area contributed by atoms with Crippen molar-refractivity contribution < 1.29 is 14.3 Å². The maximum absolute atomic E-state index is 12.1. The van der Waals surface area contributed by atoms with Gasteiger partial charge in [-0.2, -0.15) is 0 Å². The molecule has 0 bridgehead atoms. The molecule has 3 aromatic rings. The standard InChI is InChI=1S/C24H24N4O3/c1-31-23(29)21-8-4-6-19(16-21)10-11-20-7-5-9-22(17-20)27-24(30)26-12-2-3-14-28-15-13-25-18-28/h4-9,13,15-18H,2-3,12,14H2,1H3,(H2,26,27,30). The van der Waals surface area contributed by atoms with Crippen LogP contribution in [0.3, 0.4) is 0 Å². The van der Waals surface area contributed by atoms with E-state index in [-0.39, 0.29) is 6.03 Å². The third-order valence-electron chi connectivity index (χ3n) is 4.44. The van der Waals surface area contributed by atoms with Crippen molar-refractivity contribution in [2.75, 3.05) is 19.0 Å². The van der Waals surface area contributed by atoms with E-state index in [1.807, 2.05) is 35.0 Å². The molecule has 7 heteroatoms. The monoisotopic (exact) mass is 416 g/mol. The number of carbonyl (C=O) groups is 2. The number of ether oxygens (including phenoxy) is 1. The zero-order chi connectivity index (χ0) is 21.9. The SMILES string of the molecule is COC(=O)c1cccc(C#Cc2cccc(NC(=O)NCCCCn3ccnc3)c2)c1. The fourth-order valence-corrected chi connectivity index (χ4v) is 2.88. The molecule has 0 saturated carbocycles. The highest BCUT2D eigenvalue weighted by molar-refractivity contribution is 5.90. The van der Waals surface area contributed by atoms with E-state index >= 15 is 0 Å². The van der Waals surface area contributed by atoms with Gasteiger partial charge >= 0.3 is 12.0 Å². The summed E-state index contributed by atoms with van der Waals surface area (Å²) < 4.78 is 6.74. The number of anilines is 1. The van der Waals surface area contributed by atoms with Crippen LogP contribution in [0.15, 0.2) is 67.3 Å². The Hall–Kier alpha value is -4.05. The van der Waals surface area contributed by atoms with E-state index in [1.165, 1.54) is 7.11 Å². The number of amides is 2. The van der Waals surface area contributed by atoms with Gasteiger partial charge in [-0.05, 0) is 49.2 Å². The minimum atomic E-state index is -0.400. The Bertz CT molecular complexity index is 1080. The van der Waals surface area contributed by atoms with E-state index in [1.54, 1.807) is 36.8 Å². The smallest absolute Gasteiger partial charge is 0.337 e. The van der Waals surface area contributed by atoms with Crippen molar-refractivity contribution >= 4 is 17.7 Å². The summed E-state index contributed by atoms with van der Waals surface area (Å²) in [6.45, 7) is 1.48. The highest BCUT2D eigenvalue weighted by Gasteiger charge is 2.04. The minimum absolute atomic E-state index is 0.251. The van der Waals surface area contributed by atoms with Crippen LogP contribution in [0.5, 0.6) is 0 Å². The highest BCUT2D eigenvalue weighted by atomic mass is 16.5. The van der Waals surface area contributed by atoms with Gasteiger partial charge in [-0.25, -0.2) is 14.6 Å². The van der Waals surface area contributed by atoms with E-state index < -0.39 is 5.97 Å². The lowest BCUT2D eigenvalue weighted by molar-refractivity contribution is 0.0600. The number of benzene rings is 2. The number of esters is 1. The van der Waals surface area contributed by atoms with Gasteiger partial charge in [-0.1, -0.05) is 24.0 Å². The van der Waals surface area contributed by atoms with Crippen LogP contribution < -0.4 is 10.6 Å². The summed E-state index contributed by atoms with van der Waals surface area (Å²) in [7, 11) is 1.34. The number of rotatable bonds is 7. The summed E-state index contributed by atoms with van der Waals surface area (Å²) in [5.74, 6) is 5.68. The van der Waals surface area contributed by atoms with Crippen molar-refractivity contribution in [3.8, 4) is 11.8 Å². The van der Waals surface area contributed by atoms with Crippen LogP contribution in [-0.2, 0) is 11.3 Å². The molecule has 2 amide bonds. The van der Waals surface area contributed by atoms with E-state index in [4.69, 9.17) is 4.74 Å². The average molecular weight is 416 g/mol. The Morgan fingerprint density at radius 3 is 2.58 bits per heavy atom. The van der Waals surface area contributed by atoms with Gasteiger partial charge in [0.15, 0.2) is 0 Å². The zero-order valence-corrected chi connectivity index (χ0v) is 17.3. The normalized spacial score (nSPS) is 9.97. The van der Waals surface area contributed by atoms with Gasteiger partial charge in [-0.15, -0.1) is 0 Å². The first-order valence-corrected chi connectivity index (χ1v) is 9.95. The van der Waals surface area contributed by atoms with Crippen LogP contribution in [0.1, 0.15) is 34.3 Å². The van der Waals surface area contributed by atoms with E-state index in [2.05, 4.69) is 27.5 Å². The molecule has 0 unspecified atom stereocenters. The number of urea groups is 1. The van der Waals surface area contributed by atoms with Crippen LogP contribution in [0, 0.1) is 11.8 Å². The molecule has 0 spiro atoms. The molecular weight excluding hydrogens is 392 g/mol. The largest absolute Gasteiger partial charge is 0.465 e. The summed E-state index contributed by atoms with van der Waals surface area (Å²) in [5, 5.41) is 5.68. The Morgan fingerprint density at radius 2 is 1.84 bits per heavy atom. The molecule has 1 heterocycles. The second-order valence-corrected chi connectivity index (χ2v) is 6.79. The van der Waals surface area contributed by atoms with Gasteiger partial charge in [0, 0.05) is 42.3 Å². The number of imidazole rings is 1. The molecule has 0 aliphatic rings. The molecule has 158 valence electrons. The van der Waals surface area contributed by atoms with Crippen LogP contribution in [0.4, 0.5) is 10.5 Å². The molecule has 0 saturated heterocycles. The molecule has 0 atom stereocenters. The number of unbranched alkanes of at least 4 members (excludes halogenated alkanes) is 1. The highest BCUT2D eigenvalue weighted by Crippen LogP contribution is 2.11. The van der Waals surface area contributed by atoms with Gasteiger partial charge < -0.3 is 19.9 Å². The van der Waals surface area contributed by atoms with Crippen LogP contribution in [0.25, 0.3) is 0 Å². The van der Waals surface area contributed by atoms with Crippen LogP contribution in [-0.4, -0.2) is 35.2 Å². The van der Waals surface area contributed by atoms with Crippen molar-refractivity contribution in [1.82, 2.24) is 14.9 Å². The summed E-state index contributed by atoms with van der Waals surface area (Å²) in [5.41, 5.74) is 2.56. The number of nitrogens with zero attached hydrogens (tertiary/aromatic N) is 2. The van der Waals surface area contributed by atoms with Crippen molar-refractivity contribution in [3.63, 3.8) is 0 Å². The second kappa shape index (κ2) is 11.2. The third kappa shape index (κ3) is 7.05. The minimum Gasteiger partial charge on any atom is -0.465 e. The first kappa shape index (κ1) is 21.7. The topological polar surface area (TPSA) is 85.2 Å². The molecule has 1 aromatic heterocycles. The molecule has 0 fully saturated rings. The third-order valence-corrected chi connectivity index (χ3v) is 4.44. The number of hydrogen-bond donors (Lipinski definition) is 2. The van der Waals surface area contributed by atoms with Gasteiger partial charge in [0.05, 0.1) is 19.0 Å². The van der Waals surface area contributed by atoms with Crippen molar-refractivity contribution in [3.05, 3.63) is 83.9 Å². The van der Waals surface area contributed by atoms with Gasteiger partial charge in [0.25, 0.3) is 0 Å². The number of aryl methyl sites for hydroxylation is 1. The van der Waals surface area contributed by atoms with Crippen molar-refractivity contribution in [2.45, 2.75) is 19.4 Å². The fraction of sp³-hybridized carbons (Fsp3) is 0.208. The Kier molecular flexibility index (Phi) is 7.83. The van der Waals surface area contributed by atoms with E-state index in [9.17, 15) is 9.59 Å². The lowest BCUT2D eigenvalue weighted by Crippen LogP contribution is -2.29. The predicted molar refractivity (Wildman–Crippen MR) is 119 cm³/mol. The molecule has 2 N–H and O–H groups in total. The zero-order valence-electron chi connectivity index (χ0n) is 17.3. The number of methoxy groups -OCH3 is 1. The molecule has 31 heavy (non-hydrogen) atoms. The van der Waals surface area contributed by atoms with Gasteiger partial charge in [0.1, 0.15) is 0 Å². The Labute approximate surface area is 181 Å². The van der Waals surface area contributed by atoms with E-state index in [0.717, 1.165) is 24.9 Å². The van der Waals surface area contributed by atoms with E-state index in [0.29, 0.717) is 23.4 Å². The number of aromatic nitrogens is 2. The van der Waals surface area contributed by atoms with Crippen LogP contribution in [0.2, 0.25) is 0 Å². The van der Waals surface area contributed by atoms with Gasteiger partial charge in [0.2, 0.25) is 0 Å². The first-order valence-electron chi connectivity index (χ1n) is 9.95. The molecule has 0 radical (unpaired) electrons. The lowest BCUT2D eigenvalue weighted by atomic mass is 10.1. The average Bonchev–Trinajstić information content (AvgIpc) is 3.31. The van der Waals surface area contributed by atoms with Crippen LogP contribution >= 0.6 is 0 Å². The maximum Gasteiger partial charge on any atom is 0.337 e. The molecule has 0 aliphatic heterocycles. The van der Waals surface area contributed by atoms with Gasteiger partial charge in [-0.3, -0.25) is 0 Å². The summed E-state index contributed by atoms with van der Waals surface area (Å²) in [6, 6.07) is 14.0. The summed E-state index contributed by atoms with van der Waals surface area (Å²) in [4.78, 5) is 27.7. The summed E-state index contributed by atoms with van der Waals surface area (Å²) >= 11 is 0. The van der Waals surface area contributed by atoms with Crippen molar-refractivity contribution in [2.24, 2.45) is 0 Å². The second-order valence-electron chi connectivity index (χ2n) is 6.79. The number of carbonyl (C=O) groups excluding carboxylic acids is 2. The quantitative estimate of drug-likeness (QED) is 0.350. The molecule has 7 nitrogen and oxygen atoms in total. The molecular formula is C24H24N4O3. The van der Waals surface area contributed by atoms with Crippen molar-refractivity contribution in [1.29, 1.82) is 0 Å².